The molecule has 0 aliphatic heterocycles. The van der Waals surface area contributed by atoms with Gasteiger partial charge < -0.3 is 10.5 Å². The van der Waals surface area contributed by atoms with Gasteiger partial charge in [-0.3, -0.25) is 0 Å². The van der Waals surface area contributed by atoms with E-state index in [1.54, 1.807) is 0 Å². The van der Waals surface area contributed by atoms with Crippen molar-refractivity contribution in [1.29, 1.82) is 0 Å². The van der Waals surface area contributed by atoms with Gasteiger partial charge in [-0.2, -0.15) is 0 Å². The molecule has 0 aliphatic carbocycles. The number of anilines is 2. The molecule has 1 aromatic rings. The highest BCUT2D eigenvalue weighted by atomic mass is 32.2. The van der Waals surface area contributed by atoms with Gasteiger partial charge in [0, 0.05) is 17.1 Å². The summed E-state index contributed by atoms with van der Waals surface area (Å²) < 4.78 is 14.3. The van der Waals surface area contributed by atoms with Crippen LogP contribution in [0.15, 0.2) is 18.2 Å². The first kappa shape index (κ1) is 11.0. The first-order valence-electron chi connectivity index (χ1n) is 4.64. The van der Waals surface area contributed by atoms with Crippen LogP contribution in [-0.4, -0.2) is 9.96 Å². The van der Waals surface area contributed by atoms with Gasteiger partial charge in [-0.15, -0.1) is 0 Å². The van der Waals surface area contributed by atoms with Gasteiger partial charge in [-0.1, -0.05) is 6.92 Å². The van der Waals surface area contributed by atoms with E-state index in [0.717, 1.165) is 23.4 Å². The highest BCUT2D eigenvalue weighted by molar-refractivity contribution is 7.86. The second-order valence-corrected chi connectivity index (χ2v) is 4.53. The maximum absolute atomic E-state index is 11.4. The minimum atomic E-state index is -0.977. The first-order chi connectivity index (χ1) is 6.63. The summed E-state index contributed by atoms with van der Waals surface area (Å²) in [6.07, 6.45) is 0.910. The van der Waals surface area contributed by atoms with Crippen LogP contribution in [0.5, 0.6) is 0 Å². The molecule has 0 saturated carbocycles. The molecule has 0 aromatic heterocycles. The summed E-state index contributed by atoms with van der Waals surface area (Å²) in [6.45, 7) is 3.94. The number of benzene rings is 1. The third-order valence-electron chi connectivity index (χ3n) is 1.89. The summed E-state index contributed by atoms with van der Waals surface area (Å²) in [4.78, 5) is 0. The van der Waals surface area contributed by atoms with Gasteiger partial charge >= 0.3 is 0 Å². The van der Waals surface area contributed by atoms with Crippen LogP contribution >= 0.6 is 0 Å². The topological polar surface area (TPSA) is 55.1 Å². The van der Waals surface area contributed by atoms with Crippen molar-refractivity contribution in [2.75, 3.05) is 16.2 Å². The summed E-state index contributed by atoms with van der Waals surface area (Å²) in [7, 11) is -0.977. The molecule has 0 bridgehead atoms. The van der Waals surface area contributed by atoms with Crippen molar-refractivity contribution in [3.8, 4) is 0 Å². The van der Waals surface area contributed by atoms with Crippen LogP contribution in [0.2, 0.25) is 0 Å². The molecular weight excluding hydrogens is 196 g/mol. The Balaban J connectivity index is 2.68. The van der Waals surface area contributed by atoms with Gasteiger partial charge in [0.2, 0.25) is 0 Å². The lowest BCUT2D eigenvalue weighted by molar-refractivity contribution is 0.685. The van der Waals surface area contributed by atoms with Crippen molar-refractivity contribution < 1.29 is 4.21 Å². The number of nitrogen functional groups attached to an aromatic ring is 1. The molecule has 0 amide bonds. The fourth-order valence-corrected chi connectivity index (χ4v) is 1.97. The standard InChI is InChI=1S/C10H16N2OS/c1-3-6-14(13)12-9-4-5-10(11)8(2)7-9/h4-5,7,12H,3,6,11H2,1-2H3. The fourth-order valence-electron chi connectivity index (χ4n) is 1.11. The third-order valence-corrected chi connectivity index (χ3v) is 3.13. The third kappa shape index (κ3) is 3.03. The number of hydrogen-bond donors (Lipinski definition) is 2. The smallest absolute Gasteiger partial charge is 0.117 e. The van der Waals surface area contributed by atoms with Gasteiger partial charge in [0.1, 0.15) is 11.0 Å². The Morgan fingerprint density at radius 2 is 2.21 bits per heavy atom. The zero-order valence-electron chi connectivity index (χ0n) is 8.54. The largest absolute Gasteiger partial charge is 0.399 e. The Bertz CT molecular complexity index is 339. The zero-order valence-corrected chi connectivity index (χ0v) is 9.36. The molecule has 0 aliphatic rings. The quantitative estimate of drug-likeness (QED) is 0.751. The van der Waals surface area contributed by atoms with E-state index >= 15 is 0 Å². The monoisotopic (exact) mass is 212 g/mol. The lowest BCUT2D eigenvalue weighted by atomic mass is 10.2. The van der Waals surface area contributed by atoms with Gasteiger partial charge in [0.15, 0.2) is 0 Å². The molecule has 0 heterocycles. The van der Waals surface area contributed by atoms with Crippen molar-refractivity contribution in [2.24, 2.45) is 0 Å². The summed E-state index contributed by atoms with van der Waals surface area (Å²) in [5.74, 6) is 0.670. The van der Waals surface area contributed by atoms with Crippen LogP contribution < -0.4 is 10.5 Å². The average molecular weight is 212 g/mol. The molecule has 1 atom stereocenters. The second kappa shape index (κ2) is 5.00. The maximum Gasteiger partial charge on any atom is 0.117 e. The van der Waals surface area contributed by atoms with E-state index in [-0.39, 0.29) is 0 Å². The van der Waals surface area contributed by atoms with E-state index < -0.39 is 11.0 Å². The lowest BCUT2D eigenvalue weighted by Crippen LogP contribution is -2.08. The summed E-state index contributed by atoms with van der Waals surface area (Å²) >= 11 is 0. The first-order valence-corrected chi connectivity index (χ1v) is 5.96. The highest BCUT2D eigenvalue weighted by Gasteiger charge is 2.00. The molecular formula is C10H16N2OS. The van der Waals surface area contributed by atoms with Gasteiger partial charge in [0.25, 0.3) is 0 Å². The Labute approximate surface area is 87.3 Å². The molecule has 0 saturated heterocycles. The lowest BCUT2D eigenvalue weighted by Gasteiger charge is -2.07. The predicted molar refractivity (Wildman–Crippen MR) is 62.5 cm³/mol. The van der Waals surface area contributed by atoms with E-state index in [4.69, 9.17) is 5.73 Å². The van der Waals surface area contributed by atoms with Crippen molar-refractivity contribution in [1.82, 2.24) is 0 Å². The Morgan fingerprint density at radius 3 is 2.79 bits per heavy atom. The molecule has 78 valence electrons. The molecule has 0 fully saturated rings. The van der Waals surface area contributed by atoms with Crippen LogP contribution in [0.1, 0.15) is 18.9 Å². The van der Waals surface area contributed by atoms with Crippen molar-refractivity contribution in [3.63, 3.8) is 0 Å². The summed E-state index contributed by atoms with van der Waals surface area (Å²) in [6, 6.07) is 5.57. The van der Waals surface area contributed by atoms with E-state index in [1.165, 1.54) is 0 Å². The van der Waals surface area contributed by atoms with Crippen molar-refractivity contribution in [3.05, 3.63) is 23.8 Å². The molecule has 3 N–H and O–H groups in total. The number of aryl methyl sites for hydroxylation is 1. The van der Waals surface area contributed by atoms with E-state index in [9.17, 15) is 4.21 Å². The van der Waals surface area contributed by atoms with E-state index in [0.29, 0.717) is 5.75 Å². The molecule has 4 heteroatoms. The van der Waals surface area contributed by atoms with Gasteiger partial charge in [-0.05, 0) is 37.1 Å². The van der Waals surface area contributed by atoms with Crippen LogP contribution in [0.4, 0.5) is 11.4 Å². The van der Waals surface area contributed by atoms with Gasteiger partial charge in [0.05, 0.1) is 0 Å². The van der Waals surface area contributed by atoms with E-state index in [2.05, 4.69) is 4.72 Å². The van der Waals surface area contributed by atoms with Gasteiger partial charge in [-0.25, -0.2) is 4.21 Å². The number of hydrogen-bond acceptors (Lipinski definition) is 2. The van der Waals surface area contributed by atoms with Crippen LogP contribution in [0, 0.1) is 6.92 Å². The second-order valence-electron chi connectivity index (χ2n) is 3.22. The number of nitrogens with one attached hydrogen (secondary N) is 1. The van der Waals surface area contributed by atoms with Crippen LogP contribution in [0.3, 0.4) is 0 Å². The Hall–Kier alpha value is -1.03. The van der Waals surface area contributed by atoms with Crippen molar-refractivity contribution >= 4 is 22.4 Å². The molecule has 14 heavy (non-hydrogen) atoms. The SMILES string of the molecule is CCCS(=O)Nc1ccc(N)c(C)c1. The molecule has 0 radical (unpaired) electrons. The van der Waals surface area contributed by atoms with Crippen LogP contribution in [0.25, 0.3) is 0 Å². The van der Waals surface area contributed by atoms with Crippen molar-refractivity contribution in [2.45, 2.75) is 20.3 Å². The number of rotatable bonds is 4. The molecule has 1 unspecified atom stereocenters. The fraction of sp³-hybridized carbons (Fsp3) is 0.400. The minimum absolute atomic E-state index is 0.670. The Kier molecular flexibility index (Phi) is 3.95. The summed E-state index contributed by atoms with van der Waals surface area (Å²) in [5, 5.41) is 0. The zero-order chi connectivity index (χ0) is 10.6. The molecule has 1 rings (SSSR count). The minimum Gasteiger partial charge on any atom is -0.399 e. The maximum atomic E-state index is 11.4. The highest BCUT2D eigenvalue weighted by Crippen LogP contribution is 2.16. The van der Waals surface area contributed by atoms with E-state index in [1.807, 2.05) is 32.0 Å². The predicted octanol–water partition coefficient (Wildman–Crippen LogP) is 2.06. The molecule has 1 aromatic carbocycles. The molecule has 3 nitrogen and oxygen atoms in total. The molecule has 0 spiro atoms. The summed E-state index contributed by atoms with van der Waals surface area (Å²) in [5.41, 5.74) is 8.30. The normalized spacial score (nSPS) is 12.4. The number of nitrogens with two attached hydrogens (primary N) is 1. The Morgan fingerprint density at radius 1 is 1.50 bits per heavy atom. The van der Waals surface area contributed by atoms with Crippen LogP contribution in [-0.2, 0) is 11.0 Å². The average Bonchev–Trinajstić information content (AvgIpc) is 2.12.